The summed E-state index contributed by atoms with van der Waals surface area (Å²) in [6, 6.07) is 2.68. The molecule has 0 saturated carbocycles. The molecule has 0 spiro atoms. The van der Waals surface area contributed by atoms with E-state index in [2.05, 4.69) is 4.98 Å². The molecule has 60 valence electrons. The molecule has 0 unspecified atom stereocenters. The lowest BCUT2D eigenvalue weighted by atomic mass is 10.3. The van der Waals surface area contributed by atoms with E-state index in [-0.39, 0.29) is 16.4 Å². The first-order valence-corrected chi connectivity index (χ1v) is 3.23. The number of nitriles is 1. The van der Waals surface area contributed by atoms with E-state index in [1.54, 1.807) is 6.07 Å². The molecule has 0 aliphatic rings. The lowest BCUT2D eigenvalue weighted by molar-refractivity contribution is -0.385. The number of pyridine rings is 1. The van der Waals surface area contributed by atoms with Crippen LogP contribution in [0.1, 0.15) is 5.56 Å². The molecule has 0 aromatic carbocycles. The van der Waals surface area contributed by atoms with Crippen LogP contribution in [0.15, 0.2) is 12.3 Å². The van der Waals surface area contributed by atoms with Crippen molar-refractivity contribution in [2.45, 2.75) is 0 Å². The van der Waals surface area contributed by atoms with Gasteiger partial charge in [0.2, 0.25) is 0 Å². The van der Waals surface area contributed by atoms with Crippen LogP contribution in [-0.2, 0) is 0 Å². The molecular weight excluding hydrogens is 182 g/mol. The summed E-state index contributed by atoms with van der Waals surface area (Å²) in [5.74, 6) is 0. The Balaban J connectivity index is 3.34. The van der Waals surface area contributed by atoms with E-state index in [4.69, 9.17) is 16.9 Å². The van der Waals surface area contributed by atoms with Crippen LogP contribution >= 0.6 is 11.6 Å². The van der Waals surface area contributed by atoms with Crippen molar-refractivity contribution in [1.29, 1.82) is 5.26 Å². The number of aromatic nitrogens is 1. The van der Waals surface area contributed by atoms with Crippen LogP contribution in [0.2, 0.25) is 5.15 Å². The zero-order valence-corrected chi connectivity index (χ0v) is 6.45. The fraction of sp³-hybridized carbons (Fsp3) is 0. The summed E-state index contributed by atoms with van der Waals surface area (Å²) in [7, 11) is 0. The molecule has 1 aromatic heterocycles. The fourth-order valence-corrected chi connectivity index (χ4v) is 0.810. The normalized spacial score (nSPS) is 9.00. The standard InChI is InChI=1S/C6H2ClN3O2/c7-6-1-5(10(11)12)4(2-8)3-9-6/h1,3H. The Morgan fingerprint density at radius 3 is 2.92 bits per heavy atom. The van der Waals surface area contributed by atoms with Crippen molar-refractivity contribution < 1.29 is 4.92 Å². The van der Waals surface area contributed by atoms with Crippen molar-refractivity contribution in [3.63, 3.8) is 0 Å². The summed E-state index contributed by atoms with van der Waals surface area (Å²) >= 11 is 5.39. The number of halogens is 1. The van der Waals surface area contributed by atoms with Crippen molar-refractivity contribution in [2.24, 2.45) is 0 Å². The summed E-state index contributed by atoms with van der Waals surface area (Å²) < 4.78 is 0. The molecule has 0 aliphatic carbocycles. The van der Waals surface area contributed by atoms with E-state index in [1.165, 1.54) is 0 Å². The molecule has 1 aromatic rings. The van der Waals surface area contributed by atoms with E-state index in [9.17, 15) is 10.1 Å². The summed E-state index contributed by atoms with van der Waals surface area (Å²) in [5.41, 5.74) is -0.415. The number of hydrogen-bond donors (Lipinski definition) is 0. The average Bonchev–Trinajstić information content (AvgIpc) is 2.04. The second-order valence-corrected chi connectivity index (χ2v) is 2.28. The Kier molecular flexibility index (Phi) is 2.21. The molecule has 0 radical (unpaired) electrons. The Morgan fingerprint density at radius 2 is 2.42 bits per heavy atom. The third-order valence-corrected chi connectivity index (χ3v) is 1.37. The van der Waals surface area contributed by atoms with Crippen LogP contribution in [0.4, 0.5) is 5.69 Å². The van der Waals surface area contributed by atoms with Gasteiger partial charge in [-0.05, 0) is 0 Å². The predicted molar refractivity (Wildman–Crippen MR) is 40.6 cm³/mol. The second-order valence-electron chi connectivity index (χ2n) is 1.89. The van der Waals surface area contributed by atoms with E-state index in [0.717, 1.165) is 12.3 Å². The lowest BCUT2D eigenvalue weighted by Gasteiger charge is -1.92. The van der Waals surface area contributed by atoms with Crippen molar-refractivity contribution in [2.75, 3.05) is 0 Å². The van der Waals surface area contributed by atoms with Gasteiger partial charge >= 0.3 is 0 Å². The van der Waals surface area contributed by atoms with Gasteiger partial charge in [0.1, 0.15) is 16.8 Å². The minimum absolute atomic E-state index is 0.000648. The summed E-state index contributed by atoms with van der Waals surface area (Å²) in [4.78, 5) is 13.2. The van der Waals surface area contributed by atoms with Crippen molar-refractivity contribution in [1.82, 2.24) is 4.98 Å². The third kappa shape index (κ3) is 1.49. The van der Waals surface area contributed by atoms with Gasteiger partial charge in [0.15, 0.2) is 0 Å². The Bertz CT molecular complexity index is 372. The first-order valence-electron chi connectivity index (χ1n) is 2.85. The van der Waals surface area contributed by atoms with Gasteiger partial charge < -0.3 is 0 Å². The molecule has 12 heavy (non-hydrogen) atoms. The smallest absolute Gasteiger partial charge is 0.258 e. The van der Waals surface area contributed by atoms with Crippen LogP contribution < -0.4 is 0 Å². The third-order valence-electron chi connectivity index (χ3n) is 1.17. The maximum Gasteiger partial charge on any atom is 0.291 e. The number of hydrogen-bond acceptors (Lipinski definition) is 4. The highest BCUT2D eigenvalue weighted by Crippen LogP contribution is 2.19. The molecule has 1 rings (SSSR count). The number of nitro groups is 1. The zero-order valence-electron chi connectivity index (χ0n) is 5.69. The molecule has 0 amide bonds. The van der Waals surface area contributed by atoms with E-state index in [0.29, 0.717) is 0 Å². The van der Waals surface area contributed by atoms with Gasteiger partial charge in [0.05, 0.1) is 17.2 Å². The van der Waals surface area contributed by atoms with Gasteiger partial charge in [-0.2, -0.15) is 5.26 Å². The second kappa shape index (κ2) is 3.15. The highest BCUT2D eigenvalue weighted by Gasteiger charge is 2.13. The quantitative estimate of drug-likeness (QED) is 0.376. The maximum atomic E-state index is 10.3. The molecular formula is C6H2ClN3O2. The van der Waals surface area contributed by atoms with Crippen molar-refractivity contribution in [3.8, 4) is 6.07 Å². The Morgan fingerprint density at radius 1 is 1.75 bits per heavy atom. The Hall–Kier alpha value is -1.67. The van der Waals surface area contributed by atoms with Crippen LogP contribution in [0.3, 0.4) is 0 Å². The Labute approximate surface area is 72.4 Å². The van der Waals surface area contributed by atoms with E-state index >= 15 is 0 Å². The molecule has 6 heteroatoms. The first kappa shape index (κ1) is 8.43. The van der Waals surface area contributed by atoms with E-state index < -0.39 is 4.92 Å². The van der Waals surface area contributed by atoms with E-state index in [1.807, 2.05) is 0 Å². The summed E-state index contributed by atoms with van der Waals surface area (Å²) in [6.45, 7) is 0. The van der Waals surface area contributed by atoms with Crippen LogP contribution in [0.5, 0.6) is 0 Å². The molecule has 0 fully saturated rings. The van der Waals surface area contributed by atoms with Crippen molar-refractivity contribution >= 4 is 17.3 Å². The fourth-order valence-electron chi connectivity index (χ4n) is 0.657. The lowest BCUT2D eigenvalue weighted by Crippen LogP contribution is -1.93. The van der Waals surface area contributed by atoms with Crippen LogP contribution in [-0.4, -0.2) is 9.91 Å². The van der Waals surface area contributed by atoms with Gasteiger partial charge in [0, 0.05) is 0 Å². The van der Waals surface area contributed by atoms with Crippen LogP contribution in [0.25, 0.3) is 0 Å². The zero-order chi connectivity index (χ0) is 9.14. The minimum Gasteiger partial charge on any atom is -0.258 e. The van der Waals surface area contributed by atoms with Gasteiger partial charge in [-0.25, -0.2) is 4.98 Å². The average molecular weight is 184 g/mol. The van der Waals surface area contributed by atoms with Gasteiger partial charge in [-0.15, -0.1) is 0 Å². The predicted octanol–water partition coefficient (Wildman–Crippen LogP) is 1.51. The molecule has 5 nitrogen and oxygen atoms in total. The molecule has 0 bridgehead atoms. The molecule has 0 N–H and O–H groups in total. The molecule has 1 heterocycles. The van der Waals surface area contributed by atoms with Crippen LogP contribution in [0, 0.1) is 21.4 Å². The SMILES string of the molecule is N#Cc1cnc(Cl)cc1[N+](=O)[O-]. The molecule has 0 aliphatic heterocycles. The highest BCUT2D eigenvalue weighted by atomic mass is 35.5. The first-order chi connectivity index (χ1) is 5.65. The number of rotatable bonds is 1. The van der Waals surface area contributed by atoms with Gasteiger partial charge in [0.25, 0.3) is 5.69 Å². The molecule has 0 saturated heterocycles. The summed E-state index contributed by atoms with van der Waals surface area (Å²) in [6.07, 6.45) is 1.07. The largest absolute Gasteiger partial charge is 0.291 e. The maximum absolute atomic E-state index is 10.3. The van der Waals surface area contributed by atoms with Gasteiger partial charge in [-0.3, -0.25) is 10.1 Å². The monoisotopic (exact) mass is 183 g/mol. The summed E-state index contributed by atoms with van der Waals surface area (Å²) in [5, 5.41) is 18.7. The van der Waals surface area contributed by atoms with Crippen molar-refractivity contribution in [3.05, 3.63) is 33.1 Å². The minimum atomic E-state index is -0.674. The number of nitrogens with zero attached hydrogens (tertiary/aromatic N) is 3. The molecule has 0 atom stereocenters. The topological polar surface area (TPSA) is 79.8 Å². The van der Waals surface area contributed by atoms with Gasteiger partial charge in [-0.1, -0.05) is 11.6 Å². The highest BCUT2D eigenvalue weighted by molar-refractivity contribution is 6.29.